The number of carbonyl (C=O) groups is 1. The molecule has 0 unspecified atom stereocenters. The highest BCUT2D eigenvalue weighted by molar-refractivity contribution is 6.33. The van der Waals surface area contributed by atoms with Crippen molar-refractivity contribution in [1.82, 2.24) is 4.98 Å². The van der Waals surface area contributed by atoms with Crippen molar-refractivity contribution in [2.75, 3.05) is 5.32 Å². The van der Waals surface area contributed by atoms with Gasteiger partial charge in [-0.2, -0.15) is 0 Å². The highest BCUT2D eigenvalue weighted by atomic mass is 35.5. The van der Waals surface area contributed by atoms with E-state index in [1.165, 1.54) is 18.2 Å². The molecule has 1 N–H and O–H groups in total. The van der Waals surface area contributed by atoms with Gasteiger partial charge in [-0.15, -0.1) is 0 Å². The van der Waals surface area contributed by atoms with Crippen molar-refractivity contribution in [1.29, 1.82) is 0 Å². The van der Waals surface area contributed by atoms with Crippen molar-refractivity contribution in [3.8, 4) is 0 Å². The van der Waals surface area contributed by atoms with Crippen LogP contribution in [0.4, 0.5) is 15.8 Å². The summed E-state index contributed by atoms with van der Waals surface area (Å²) in [5, 5.41) is 12.8. The van der Waals surface area contributed by atoms with E-state index in [1.54, 1.807) is 0 Å². The van der Waals surface area contributed by atoms with Gasteiger partial charge in [0.25, 0.3) is 11.6 Å². The molecular formula is C12H7ClFN3O3. The Labute approximate surface area is 117 Å². The molecule has 2 aromatic rings. The summed E-state index contributed by atoms with van der Waals surface area (Å²) in [5.74, 6) is -1.23. The molecule has 1 aromatic carbocycles. The number of halogens is 2. The smallest absolute Gasteiger partial charge is 0.288 e. The number of nitrogens with one attached hydrogen (secondary N) is 1. The number of hydrogen-bond acceptors (Lipinski definition) is 4. The quantitative estimate of drug-likeness (QED) is 0.536. The first-order valence-corrected chi connectivity index (χ1v) is 5.72. The molecule has 0 fully saturated rings. The van der Waals surface area contributed by atoms with Crippen LogP contribution in [-0.4, -0.2) is 15.8 Å². The van der Waals surface area contributed by atoms with E-state index in [1.807, 2.05) is 0 Å². The monoisotopic (exact) mass is 295 g/mol. The van der Waals surface area contributed by atoms with Crippen LogP contribution < -0.4 is 5.32 Å². The van der Waals surface area contributed by atoms with E-state index in [9.17, 15) is 19.3 Å². The standard InChI is InChI=1S/C12H7ClFN3O3/c13-11-10(5-9(6-15-11)17(19)20)12(18)16-8-3-1-2-7(14)4-8/h1-6H,(H,16,18). The molecule has 0 radical (unpaired) electrons. The number of anilines is 1. The summed E-state index contributed by atoms with van der Waals surface area (Å²) in [6.07, 6.45) is 0.946. The lowest BCUT2D eigenvalue weighted by Crippen LogP contribution is -2.13. The van der Waals surface area contributed by atoms with Crippen molar-refractivity contribution < 1.29 is 14.1 Å². The van der Waals surface area contributed by atoms with Crippen LogP contribution in [0.5, 0.6) is 0 Å². The average Bonchev–Trinajstić information content (AvgIpc) is 2.38. The van der Waals surface area contributed by atoms with Crippen LogP contribution in [0.3, 0.4) is 0 Å². The SMILES string of the molecule is O=C(Nc1cccc(F)c1)c1cc([N+](=O)[O-])cnc1Cl. The summed E-state index contributed by atoms with van der Waals surface area (Å²) < 4.78 is 13.0. The van der Waals surface area contributed by atoms with Crippen LogP contribution in [0.15, 0.2) is 36.5 Å². The van der Waals surface area contributed by atoms with E-state index >= 15 is 0 Å². The zero-order valence-corrected chi connectivity index (χ0v) is 10.6. The zero-order chi connectivity index (χ0) is 14.7. The van der Waals surface area contributed by atoms with Crippen LogP contribution >= 0.6 is 11.6 Å². The number of nitro groups is 1. The van der Waals surface area contributed by atoms with Crippen molar-refractivity contribution in [3.05, 3.63) is 63.2 Å². The van der Waals surface area contributed by atoms with E-state index < -0.39 is 16.6 Å². The molecule has 0 bridgehead atoms. The third-order valence-electron chi connectivity index (χ3n) is 2.36. The van der Waals surface area contributed by atoms with Crippen LogP contribution in [0.2, 0.25) is 5.15 Å². The topological polar surface area (TPSA) is 85.1 Å². The van der Waals surface area contributed by atoms with Crippen molar-refractivity contribution in [3.63, 3.8) is 0 Å². The van der Waals surface area contributed by atoms with Crippen molar-refractivity contribution >= 4 is 28.9 Å². The molecule has 8 heteroatoms. The fraction of sp³-hybridized carbons (Fsp3) is 0. The number of benzene rings is 1. The van der Waals surface area contributed by atoms with Gasteiger partial charge < -0.3 is 5.32 Å². The molecule has 0 atom stereocenters. The van der Waals surface area contributed by atoms with Gasteiger partial charge in [-0.05, 0) is 18.2 Å². The van der Waals surface area contributed by atoms with E-state index in [-0.39, 0.29) is 22.1 Å². The van der Waals surface area contributed by atoms with Gasteiger partial charge in [0.2, 0.25) is 0 Å². The number of rotatable bonds is 3. The van der Waals surface area contributed by atoms with Gasteiger partial charge in [0.05, 0.1) is 10.5 Å². The molecule has 102 valence electrons. The van der Waals surface area contributed by atoms with Gasteiger partial charge >= 0.3 is 0 Å². The maximum atomic E-state index is 13.0. The molecule has 1 aromatic heterocycles. The van der Waals surface area contributed by atoms with Crippen LogP contribution in [0, 0.1) is 15.9 Å². The van der Waals surface area contributed by atoms with Gasteiger partial charge in [0.15, 0.2) is 0 Å². The Morgan fingerprint density at radius 2 is 2.15 bits per heavy atom. The van der Waals surface area contributed by atoms with Crippen LogP contribution in [0.25, 0.3) is 0 Å². The fourth-order valence-corrected chi connectivity index (χ4v) is 1.65. The minimum Gasteiger partial charge on any atom is -0.322 e. The first-order chi connectivity index (χ1) is 9.47. The molecule has 1 amide bonds. The Hall–Kier alpha value is -2.54. The maximum absolute atomic E-state index is 13.0. The molecule has 0 aliphatic rings. The number of pyridine rings is 1. The second-order valence-corrected chi connectivity index (χ2v) is 4.11. The number of aromatic nitrogens is 1. The van der Waals surface area contributed by atoms with Gasteiger partial charge in [-0.3, -0.25) is 14.9 Å². The Bertz CT molecular complexity index is 693. The molecule has 20 heavy (non-hydrogen) atoms. The maximum Gasteiger partial charge on any atom is 0.288 e. The summed E-state index contributed by atoms with van der Waals surface area (Å²) in [6.45, 7) is 0. The lowest BCUT2D eigenvalue weighted by molar-refractivity contribution is -0.385. The molecule has 1 heterocycles. The summed E-state index contributed by atoms with van der Waals surface area (Å²) in [5.41, 5.74) is -0.318. The molecule has 0 aliphatic carbocycles. The Morgan fingerprint density at radius 1 is 1.40 bits per heavy atom. The lowest BCUT2D eigenvalue weighted by Gasteiger charge is -2.06. The number of nitrogens with zero attached hydrogens (tertiary/aromatic N) is 2. The van der Waals surface area contributed by atoms with Crippen LogP contribution in [-0.2, 0) is 0 Å². The predicted octanol–water partition coefficient (Wildman–Crippen LogP) is 3.03. The van der Waals surface area contributed by atoms with Gasteiger partial charge in [0.1, 0.15) is 17.2 Å². The number of carbonyl (C=O) groups excluding carboxylic acids is 1. The first-order valence-electron chi connectivity index (χ1n) is 5.34. The minimum absolute atomic E-state index is 0.162. The summed E-state index contributed by atoms with van der Waals surface area (Å²) >= 11 is 5.72. The summed E-state index contributed by atoms with van der Waals surface area (Å²) in [6, 6.07) is 6.22. The van der Waals surface area contributed by atoms with Crippen molar-refractivity contribution in [2.45, 2.75) is 0 Å². The minimum atomic E-state index is -0.711. The second-order valence-electron chi connectivity index (χ2n) is 3.75. The van der Waals surface area contributed by atoms with Crippen molar-refractivity contribution in [2.24, 2.45) is 0 Å². The van der Waals surface area contributed by atoms with Gasteiger partial charge in [-0.1, -0.05) is 17.7 Å². The molecule has 0 aliphatic heterocycles. The van der Waals surface area contributed by atoms with E-state index in [4.69, 9.17) is 11.6 Å². The Kier molecular flexibility index (Phi) is 3.90. The normalized spacial score (nSPS) is 10.1. The first kappa shape index (κ1) is 13.9. The fourth-order valence-electron chi connectivity index (χ4n) is 1.46. The van der Waals surface area contributed by atoms with E-state index in [2.05, 4.69) is 10.3 Å². The molecule has 0 spiro atoms. The average molecular weight is 296 g/mol. The van der Waals surface area contributed by atoms with Gasteiger partial charge in [0, 0.05) is 11.8 Å². The number of hydrogen-bond donors (Lipinski definition) is 1. The summed E-state index contributed by atoms with van der Waals surface area (Å²) in [7, 11) is 0. The number of amides is 1. The summed E-state index contributed by atoms with van der Waals surface area (Å²) in [4.78, 5) is 25.4. The van der Waals surface area contributed by atoms with E-state index in [0.717, 1.165) is 18.3 Å². The lowest BCUT2D eigenvalue weighted by atomic mass is 10.2. The molecule has 0 saturated carbocycles. The van der Waals surface area contributed by atoms with E-state index in [0.29, 0.717) is 0 Å². The molecule has 0 saturated heterocycles. The third-order valence-corrected chi connectivity index (χ3v) is 2.66. The predicted molar refractivity (Wildman–Crippen MR) is 70.3 cm³/mol. The largest absolute Gasteiger partial charge is 0.322 e. The molecule has 6 nitrogen and oxygen atoms in total. The second kappa shape index (κ2) is 5.62. The molecular weight excluding hydrogens is 289 g/mol. The highest BCUT2D eigenvalue weighted by Gasteiger charge is 2.17. The Balaban J connectivity index is 2.29. The van der Waals surface area contributed by atoms with Crippen LogP contribution in [0.1, 0.15) is 10.4 Å². The third kappa shape index (κ3) is 3.07. The molecule has 2 rings (SSSR count). The van der Waals surface area contributed by atoms with Gasteiger partial charge in [-0.25, -0.2) is 9.37 Å². The zero-order valence-electron chi connectivity index (χ0n) is 9.84. The highest BCUT2D eigenvalue weighted by Crippen LogP contribution is 2.20. The Morgan fingerprint density at radius 3 is 2.80 bits per heavy atom.